The molecule has 0 aromatic heterocycles. The molecule has 8 nitrogen and oxygen atoms in total. The van der Waals surface area contributed by atoms with Crippen LogP contribution in [0.5, 0.6) is 5.75 Å². The second kappa shape index (κ2) is 6.34. The quantitative estimate of drug-likeness (QED) is 0.594. The molecule has 8 heteroatoms. The summed E-state index contributed by atoms with van der Waals surface area (Å²) in [6.45, 7) is 0. The average molecular weight is 268 g/mol. The number of amides is 1. The molecule has 0 radical (unpaired) electrons. The molecule has 0 saturated heterocycles. The lowest BCUT2D eigenvalue weighted by atomic mass is 10.2. The highest BCUT2D eigenvalue weighted by Crippen LogP contribution is 2.29. The third-order valence-electron chi connectivity index (χ3n) is 2.24. The van der Waals surface area contributed by atoms with Crippen molar-refractivity contribution in [3.8, 4) is 5.75 Å². The van der Waals surface area contributed by atoms with Gasteiger partial charge in [0.25, 0.3) is 5.69 Å². The van der Waals surface area contributed by atoms with Crippen LogP contribution in [-0.2, 0) is 9.59 Å². The molecule has 0 aliphatic heterocycles. The highest BCUT2D eigenvalue weighted by molar-refractivity contribution is 5.93. The predicted molar refractivity (Wildman–Crippen MR) is 65.1 cm³/mol. The molecule has 1 amide bonds. The molecule has 1 aromatic rings. The van der Waals surface area contributed by atoms with E-state index in [9.17, 15) is 19.7 Å². The van der Waals surface area contributed by atoms with Crippen LogP contribution in [0.25, 0.3) is 0 Å². The van der Waals surface area contributed by atoms with E-state index >= 15 is 0 Å². The number of ether oxygens (including phenoxy) is 1. The molecule has 0 spiro atoms. The zero-order valence-corrected chi connectivity index (χ0v) is 10.1. The fourth-order valence-electron chi connectivity index (χ4n) is 1.33. The number of anilines is 1. The highest BCUT2D eigenvalue weighted by Gasteiger charge is 2.13. The van der Waals surface area contributed by atoms with Gasteiger partial charge >= 0.3 is 5.97 Å². The summed E-state index contributed by atoms with van der Waals surface area (Å²) in [5, 5.41) is 21.5. The van der Waals surface area contributed by atoms with Gasteiger partial charge in [-0.3, -0.25) is 19.7 Å². The van der Waals surface area contributed by atoms with Gasteiger partial charge in [0.15, 0.2) is 0 Å². The number of rotatable bonds is 6. The van der Waals surface area contributed by atoms with E-state index < -0.39 is 16.8 Å². The topological polar surface area (TPSA) is 119 Å². The summed E-state index contributed by atoms with van der Waals surface area (Å²) in [4.78, 5) is 31.8. The minimum atomic E-state index is -1.08. The molecule has 2 N–H and O–H groups in total. The molecule has 1 rings (SSSR count). The number of methoxy groups -OCH3 is 1. The van der Waals surface area contributed by atoms with Crippen molar-refractivity contribution < 1.29 is 24.4 Å². The van der Waals surface area contributed by atoms with Gasteiger partial charge < -0.3 is 15.2 Å². The number of carboxylic acids is 1. The number of carbonyl (C=O) groups excluding carboxylic acids is 1. The fourth-order valence-corrected chi connectivity index (χ4v) is 1.33. The summed E-state index contributed by atoms with van der Waals surface area (Å²) in [6.07, 6.45) is -0.476. The molecule has 19 heavy (non-hydrogen) atoms. The number of hydrogen-bond donors (Lipinski definition) is 2. The van der Waals surface area contributed by atoms with Crippen LogP contribution in [0, 0.1) is 10.1 Å². The summed E-state index contributed by atoms with van der Waals surface area (Å²) in [7, 11) is 1.31. The van der Waals surface area contributed by atoms with Crippen molar-refractivity contribution in [3.63, 3.8) is 0 Å². The summed E-state index contributed by atoms with van der Waals surface area (Å²) in [5.74, 6) is -1.45. The summed E-state index contributed by atoms with van der Waals surface area (Å²) in [6, 6.07) is 3.72. The van der Waals surface area contributed by atoms with Gasteiger partial charge in [0.1, 0.15) is 5.75 Å². The van der Waals surface area contributed by atoms with Gasteiger partial charge in [-0.1, -0.05) is 0 Å². The predicted octanol–water partition coefficient (Wildman–Crippen LogP) is 1.41. The molecule has 0 saturated carbocycles. The van der Waals surface area contributed by atoms with E-state index in [1.54, 1.807) is 0 Å². The van der Waals surface area contributed by atoms with Crippen LogP contribution in [-0.4, -0.2) is 29.0 Å². The third kappa shape index (κ3) is 4.26. The number of benzene rings is 1. The number of nitrogens with one attached hydrogen (secondary N) is 1. The minimum Gasteiger partial charge on any atom is -0.494 e. The lowest BCUT2D eigenvalue weighted by molar-refractivity contribution is -0.384. The molecule has 0 unspecified atom stereocenters. The average Bonchev–Trinajstić information content (AvgIpc) is 2.36. The molecule has 0 aliphatic carbocycles. The number of nitro benzene ring substituents is 1. The Bertz CT molecular complexity index is 514. The van der Waals surface area contributed by atoms with E-state index in [1.807, 2.05) is 0 Å². The maximum absolute atomic E-state index is 11.4. The zero-order valence-electron chi connectivity index (χ0n) is 10.1. The Hall–Kier alpha value is -2.64. The van der Waals surface area contributed by atoms with E-state index in [2.05, 4.69) is 5.32 Å². The number of carbonyl (C=O) groups is 2. The van der Waals surface area contributed by atoms with Crippen molar-refractivity contribution in [3.05, 3.63) is 28.3 Å². The van der Waals surface area contributed by atoms with E-state index in [-0.39, 0.29) is 30.0 Å². The van der Waals surface area contributed by atoms with Crippen molar-refractivity contribution in [2.75, 3.05) is 12.4 Å². The van der Waals surface area contributed by atoms with Crippen molar-refractivity contribution in [2.24, 2.45) is 0 Å². The van der Waals surface area contributed by atoms with Gasteiger partial charge in [-0.2, -0.15) is 0 Å². The van der Waals surface area contributed by atoms with Gasteiger partial charge in [0.05, 0.1) is 30.2 Å². The molecular weight excluding hydrogens is 256 g/mol. The van der Waals surface area contributed by atoms with Crippen LogP contribution >= 0.6 is 0 Å². The number of nitrogens with zero attached hydrogens (tertiary/aromatic N) is 1. The first-order valence-corrected chi connectivity index (χ1v) is 5.28. The van der Waals surface area contributed by atoms with Gasteiger partial charge in [-0.05, 0) is 6.07 Å². The third-order valence-corrected chi connectivity index (χ3v) is 2.24. The lowest BCUT2D eigenvalue weighted by Crippen LogP contribution is -2.13. The van der Waals surface area contributed by atoms with E-state index in [1.165, 1.54) is 25.3 Å². The van der Waals surface area contributed by atoms with Gasteiger partial charge in [-0.25, -0.2) is 0 Å². The Labute approximate surface area is 108 Å². The van der Waals surface area contributed by atoms with Gasteiger partial charge in [0.2, 0.25) is 5.91 Å². The van der Waals surface area contributed by atoms with Crippen LogP contribution in [0.15, 0.2) is 18.2 Å². The molecule has 0 bridgehead atoms. The Morgan fingerprint density at radius 2 is 2.11 bits per heavy atom. The molecular formula is C11H12N2O6. The van der Waals surface area contributed by atoms with E-state index in [0.717, 1.165) is 0 Å². The molecule has 1 aromatic carbocycles. The largest absolute Gasteiger partial charge is 0.494 e. The first-order valence-electron chi connectivity index (χ1n) is 5.28. The first kappa shape index (κ1) is 14.4. The number of carboxylic acid groups (broad SMARTS) is 1. The maximum atomic E-state index is 11.4. The fraction of sp³-hybridized carbons (Fsp3) is 0.273. The SMILES string of the molecule is COc1cc([N+](=O)[O-])ccc1NC(=O)CCC(=O)O. The Morgan fingerprint density at radius 3 is 2.63 bits per heavy atom. The summed E-state index contributed by atoms with van der Waals surface area (Å²) >= 11 is 0. The number of non-ortho nitro benzene ring substituents is 1. The van der Waals surface area contributed by atoms with Crippen LogP contribution in [0.2, 0.25) is 0 Å². The van der Waals surface area contributed by atoms with Crippen molar-refractivity contribution >= 4 is 23.3 Å². The van der Waals surface area contributed by atoms with Crippen molar-refractivity contribution in [1.29, 1.82) is 0 Å². The van der Waals surface area contributed by atoms with Crippen LogP contribution in [0.4, 0.5) is 11.4 Å². The Kier molecular flexibility index (Phi) is 4.81. The summed E-state index contributed by atoms with van der Waals surface area (Å²) < 4.78 is 4.93. The lowest BCUT2D eigenvalue weighted by Gasteiger charge is -2.09. The number of nitro groups is 1. The monoisotopic (exact) mass is 268 g/mol. The molecule has 0 heterocycles. The normalized spacial score (nSPS) is 9.74. The standard InChI is InChI=1S/C11H12N2O6/c1-19-9-6-7(13(17)18)2-3-8(9)12-10(14)4-5-11(15)16/h2-3,6H,4-5H2,1H3,(H,12,14)(H,15,16). The van der Waals surface area contributed by atoms with Gasteiger partial charge in [-0.15, -0.1) is 0 Å². The second-order valence-electron chi connectivity index (χ2n) is 3.58. The zero-order chi connectivity index (χ0) is 14.4. The minimum absolute atomic E-state index is 0.137. The molecule has 0 aliphatic rings. The molecule has 0 fully saturated rings. The second-order valence-corrected chi connectivity index (χ2v) is 3.58. The maximum Gasteiger partial charge on any atom is 0.303 e. The smallest absolute Gasteiger partial charge is 0.303 e. The van der Waals surface area contributed by atoms with Crippen LogP contribution in [0.1, 0.15) is 12.8 Å². The van der Waals surface area contributed by atoms with Crippen LogP contribution in [0.3, 0.4) is 0 Å². The van der Waals surface area contributed by atoms with E-state index in [4.69, 9.17) is 9.84 Å². The van der Waals surface area contributed by atoms with Crippen LogP contribution < -0.4 is 10.1 Å². The molecule has 0 atom stereocenters. The Balaban J connectivity index is 2.80. The number of hydrogen-bond acceptors (Lipinski definition) is 5. The first-order chi connectivity index (χ1) is 8.93. The number of aliphatic carboxylic acids is 1. The van der Waals surface area contributed by atoms with Gasteiger partial charge in [0, 0.05) is 12.5 Å². The van der Waals surface area contributed by atoms with E-state index in [0.29, 0.717) is 0 Å². The van der Waals surface area contributed by atoms with Crippen molar-refractivity contribution in [1.82, 2.24) is 0 Å². The van der Waals surface area contributed by atoms with Crippen molar-refractivity contribution in [2.45, 2.75) is 12.8 Å². The molecule has 102 valence electrons. The Morgan fingerprint density at radius 1 is 1.42 bits per heavy atom. The summed E-state index contributed by atoms with van der Waals surface area (Å²) in [5.41, 5.74) is 0.0869. The highest BCUT2D eigenvalue weighted by atomic mass is 16.6.